The van der Waals surface area contributed by atoms with E-state index in [1.165, 1.54) is 0 Å². The summed E-state index contributed by atoms with van der Waals surface area (Å²) in [6, 6.07) is 0. The van der Waals surface area contributed by atoms with Gasteiger partial charge in [0.2, 0.25) is 5.95 Å². The fraction of sp³-hybridized carbons (Fsp3) is 0.500. The van der Waals surface area contributed by atoms with Crippen molar-refractivity contribution in [2.45, 2.75) is 38.5 Å². The van der Waals surface area contributed by atoms with Crippen molar-refractivity contribution in [3.63, 3.8) is 0 Å². The Hall–Kier alpha value is -2.73. The maximum Gasteiger partial charge on any atom is 0.330 e. The highest BCUT2D eigenvalue weighted by Gasteiger charge is 2.50. The number of nitrogens with one attached hydrogen (secondary N) is 1. The van der Waals surface area contributed by atoms with Gasteiger partial charge in [-0.05, 0) is 0 Å². The van der Waals surface area contributed by atoms with Crippen LogP contribution in [-0.4, -0.2) is 56.4 Å². The van der Waals surface area contributed by atoms with Gasteiger partial charge in [-0.25, -0.2) is 13.8 Å². The lowest BCUT2D eigenvalue weighted by Gasteiger charge is -2.19. The number of nitrogens with two attached hydrogens (primary N) is 1. The molecule has 0 radical (unpaired) electrons. The molecule has 11 nitrogen and oxygen atoms in total. The molecular formula is C14H15ClFN5O6. The number of H-pyrrole nitrogens is 1. The van der Waals surface area contributed by atoms with Crippen LogP contribution in [0.3, 0.4) is 0 Å². The van der Waals surface area contributed by atoms with Gasteiger partial charge in [0.25, 0.3) is 0 Å². The Morgan fingerprint density at radius 2 is 2.07 bits per heavy atom. The van der Waals surface area contributed by atoms with Crippen molar-refractivity contribution in [2.24, 2.45) is 0 Å². The number of esters is 2. The maximum atomic E-state index is 14.8. The fourth-order valence-corrected chi connectivity index (χ4v) is 2.99. The lowest BCUT2D eigenvalue weighted by Crippen LogP contribution is -2.36. The molecule has 13 heteroatoms. The van der Waals surface area contributed by atoms with Crippen molar-refractivity contribution in [3.05, 3.63) is 15.6 Å². The number of hydrogen-bond donors (Lipinski definition) is 2. The molecule has 146 valence electrons. The van der Waals surface area contributed by atoms with Crippen molar-refractivity contribution < 1.29 is 28.2 Å². The first kappa shape index (κ1) is 19.0. The number of rotatable bonds is 4. The van der Waals surface area contributed by atoms with Crippen LogP contribution in [-0.2, 0) is 23.8 Å². The minimum absolute atomic E-state index is 0.0554. The number of hydrogen-bond acceptors (Lipinski definition) is 9. The Labute approximate surface area is 155 Å². The quantitative estimate of drug-likeness (QED) is 0.534. The SMILES string of the molecule is CC(=O)OC[C@H]1O[C@@H](n2c(=O)[nH]c3c(Cl)nc(N)nc32)[C@H](OC(C)=O)[C@@H]1F. The third kappa shape index (κ3) is 3.57. The molecule has 0 amide bonds. The average Bonchev–Trinajstić information content (AvgIpc) is 3.03. The molecule has 4 atom stereocenters. The van der Waals surface area contributed by atoms with Gasteiger partial charge in [-0.3, -0.25) is 9.59 Å². The van der Waals surface area contributed by atoms with Crippen molar-refractivity contribution in [1.29, 1.82) is 0 Å². The van der Waals surface area contributed by atoms with Crippen LogP contribution in [0.5, 0.6) is 0 Å². The van der Waals surface area contributed by atoms with Crippen LogP contribution in [0.15, 0.2) is 4.79 Å². The van der Waals surface area contributed by atoms with E-state index in [0.29, 0.717) is 0 Å². The number of aromatic amines is 1. The zero-order chi connectivity index (χ0) is 19.9. The first-order valence-corrected chi connectivity index (χ1v) is 8.10. The van der Waals surface area contributed by atoms with Gasteiger partial charge in [-0.15, -0.1) is 0 Å². The van der Waals surface area contributed by atoms with Gasteiger partial charge in [0, 0.05) is 13.8 Å². The smallest absolute Gasteiger partial charge is 0.330 e. The Kier molecular flexibility index (Phi) is 5.02. The maximum absolute atomic E-state index is 14.8. The van der Waals surface area contributed by atoms with Gasteiger partial charge in [-0.2, -0.15) is 9.97 Å². The molecule has 0 bridgehead atoms. The minimum Gasteiger partial charge on any atom is -0.463 e. The Morgan fingerprint density at radius 1 is 1.37 bits per heavy atom. The van der Waals surface area contributed by atoms with Crippen molar-refractivity contribution in [2.75, 3.05) is 12.3 Å². The van der Waals surface area contributed by atoms with E-state index in [4.69, 9.17) is 31.5 Å². The molecule has 1 aliphatic heterocycles. The van der Waals surface area contributed by atoms with E-state index < -0.39 is 48.8 Å². The zero-order valence-electron chi connectivity index (χ0n) is 14.1. The van der Waals surface area contributed by atoms with Gasteiger partial charge in [0.05, 0.1) is 0 Å². The van der Waals surface area contributed by atoms with Crippen molar-refractivity contribution in [1.82, 2.24) is 19.5 Å². The van der Waals surface area contributed by atoms with E-state index in [0.717, 1.165) is 18.4 Å². The number of fused-ring (bicyclic) bond motifs is 1. The van der Waals surface area contributed by atoms with E-state index >= 15 is 0 Å². The first-order chi connectivity index (χ1) is 12.7. The predicted octanol–water partition coefficient (Wildman–Crippen LogP) is 0.0855. The largest absolute Gasteiger partial charge is 0.463 e. The second-order valence-corrected chi connectivity index (χ2v) is 6.12. The molecule has 0 aromatic carbocycles. The number of anilines is 1. The molecule has 0 spiro atoms. The van der Waals surface area contributed by atoms with Gasteiger partial charge >= 0.3 is 17.6 Å². The second kappa shape index (κ2) is 7.12. The van der Waals surface area contributed by atoms with Crippen LogP contribution in [0.1, 0.15) is 20.1 Å². The second-order valence-electron chi connectivity index (χ2n) is 5.76. The topological polar surface area (TPSA) is 151 Å². The number of alkyl halides is 1. The Morgan fingerprint density at radius 3 is 2.70 bits per heavy atom. The molecule has 2 aromatic rings. The van der Waals surface area contributed by atoms with E-state index in [1.54, 1.807) is 0 Å². The number of imidazole rings is 1. The number of carbonyl (C=O) groups is 2. The summed E-state index contributed by atoms with van der Waals surface area (Å²) in [5.74, 6) is -1.66. The summed E-state index contributed by atoms with van der Waals surface area (Å²) in [6.07, 6.45) is -6.02. The van der Waals surface area contributed by atoms with E-state index in [1.807, 2.05) is 0 Å². The number of nitrogen functional groups attached to an aromatic ring is 1. The molecule has 1 aliphatic rings. The summed E-state index contributed by atoms with van der Waals surface area (Å²) in [7, 11) is 0. The molecular weight excluding hydrogens is 389 g/mol. The van der Waals surface area contributed by atoms with E-state index in [2.05, 4.69) is 15.0 Å². The molecule has 3 rings (SSSR count). The highest BCUT2D eigenvalue weighted by Crippen LogP contribution is 2.35. The number of carbonyl (C=O) groups excluding carboxylic acids is 2. The number of nitrogens with zero attached hydrogens (tertiary/aromatic N) is 3. The standard InChI is InChI=1S/C14H15ClFN5O6/c1-4(22)25-3-6-7(16)9(26-5(2)23)12(27-6)21-11-8(18-14(21)24)10(15)19-13(17)20-11/h6-7,9,12H,3H2,1-2H3,(H,18,24)(H2,17,19,20)/t6-,7-,9-,12-/m1/s1. The van der Waals surface area contributed by atoms with Crippen LogP contribution in [0, 0.1) is 0 Å². The molecule has 1 fully saturated rings. The van der Waals surface area contributed by atoms with Crippen molar-refractivity contribution >= 4 is 40.7 Å². The summed E-state index contributed by atoms with van der Waals surface area (Å²) >= 11 is 5.94. The van der Waals surface area contributed by atoms with Crippen LogP contribution < -0.4 is 11.4 Å². The minimum atomic E-state index is -1.87. The third-order valence-electron chi connectivity index (χ3n) is 3.81. The fourth-order valence-electron chi connectivity index (χ4n) is 2.77. The molecule has 2 aromatic heterocycles. The normalized spacial score (nSPS) is 24.9. The van der Waals surface area contributed by atoms with Crippen LogP contribution >= 0.6 is 11.6 Å². The summed E-state index contributed by atoms with van der Waals surface area (Å²) in [4.78, 5) is 44.9. The summed E-state index contributed by atoms with van der Waals surface area (Å²) < 4.78 is 31.0. The lowest BCUT2D eigenvalue weighted by atomic mass is 10.1. The molecule has 3 heterocycles. The van der Waals surface area contributed by atoms with Gasteiger partial charge in [0.1, 0.15) is 18.2 Å². The highest BCUT2D eigenvalue weighted by atomic mass is 35.5. The summed E-state index contributed by atoms with van der Waals surface area (Å²) in [6.45, 7) is 1.80. The first-order valence-electron chi connectivity index (χ1n) is 7.72. The molecule has 1 saturated heterocycles. The molecule has 0 saturated carbocycles. The summed E-state index contributed by atoms with van der Waals surface area (Å²) in [5.41, 5.74) is 4.80. The highest BCUT2D eigenvalue weighted by molar-refractivity contribution is 6.33. The van der Waals surface area contributed by atoms with Crippen LogP contribution in [0.2, 0.25) is 5.15 Å². The molecule has 0 unspecified atom stereocenters. The monoisotopic (exact) mass is 403 g/mol. The number of ether oxygens (including phenoxy) is 3. The molecule has 0 aliphatic carbocycles. The number of aromatic nitrogens is 4. The molecule has 3 N–H and O–H groups in total. The average molecular weight is 404 g/mol. The Bertz CT molecular complexity index is 961. The molecule has 27 heavy (non-hydrogen) atoms. The lowest BCUT2D eigenvalue weighted by molar-refractivity contribution is -0.154. The Balaban J connectivity index is 2.06. The van der Waals surface area contributed by atoms with Gasteiger partial charge in [0.15, 0.2) is 29.3 Å². The number of halogens is 2. The van der Waals surface area contributed by atoms with Gasteiger partial charge < -0.3 is 24.9 Å². The summed E-state index contributed by atoms with van der Waals surface area (Å²) in [5, 5.41) is -0.122. The van der Waals surface area contributed by atoms with Crippen LogP contribution in [0.4, 0.5) is 10.3 Å². The van der Waals surface area contributed by atoms with Crippen LogP contribution in [0.25, 0.3) is 11.2 Å². The predicted molar refractivity (Wildman–Crippen MR) is 88.6 cm³/mol. The third-order valence-corrected chi connectivity index (χ3v) is 4.09. The van der Waals surface area contributed by atoms with E-state index in [9.17, 15) is 18.8 Å². The van der Waals surface area contributed by atoms with Gasteiger partial charge in [-0.1, -0.05) is 11.6 Å². The zero-order valence-corrected chi connectivity index (χ0v) is 14.9. The van der Waals surface area contributed by atoms with Crippen molar-refractivity contribution in [3.8, 4) is 0 Å². The van der Waals surface area contributed by atoms with E-state index in [-0.39, 0.29) is 22.3 Å².